The molecule has 1 saturated heterocycles. The van der Waals surface area contributed by atoms with E-state index in [4.69, 9.17) is 5.73 Å². The summed E-state index contributed by atoms with van der Waals surface area (Å²) in [5.41, 5.74) is 4.66. The molecule has 0 amide bonds. The van der Waals surface area contributed by atoms with Crippen LogP contribution in [-0.2, 0) is 10.0 Å². The van der Waals surface area contributed by atoms with Gasteiger partial charge in [0.1, 0.15) is 10.7 Å². The van der Waals surface area contributed by atoms with Crippen molar-refractivity contribution in [2.75, 3.05) is 18.8 Å². The van der Waals surface area contributed by atoms with Gasteiger partial charge in [-0.2, -0.15) is 4.31 Å². The minimum absolute atomic E-state index is 0.137. The zero-order valence-electron chi connectivity index (χ0n) is 10.2. The fourth-order valence-corrected chi connectivity index (χ4v) is 3.29. The maximum absolute atomic E-state index is 12.3. The third-order valence-electron chi connectivity index (χ3n) is 3.20. The molecular weight excluding hydrogens is 254 g/mol. The van der Waals surface area contributed by atoms with Crippen LogP contribution >= 0.6 is 0 Å². The minimum atomic E-state index is -3.52. The van der Waals surface area contributed by atoms with Gasteiger partial charge in [-0.3, -0.25) is 0 Å². The first-order valence-corrected chi connectivity index (χ1v) is 7.19. The van der Waals surface area contributed by atoms with Crippen molar-refractivity contribution in [3.05, 3.63) is 18.3 Å². The number of hydrogen-bond donors (Lipinski definition) is 2. The van der Waals surface area contributed by atoms with Crippen LogP contribution in [0.3, 0.4) is 0 Å². The third-order valence-corrected chi connectivity index (χ3v) is 5.08. The molecule has 1 fully saturated rings. The summed E-state index contributed by atoms with van der Waals surface area (Å²) < 4.78 is 25.9. The van der Waals surface area contributed by atoms with Gasteiger partial charge < -0.3 is 10.8 Å². The van der Waals surface area contributed by atoms with Crippen LogP contribution in [-0.4, -0.2) is 41.5 Å². The fourth-order valence-electron chi connectivity index (χ4n) is 1.90. The number of anilines is 1. The predicted octanol–water partition coefficient (Wildman–Crippen LogP) is 0.199. The van der Waals surface area contributed by atoms with Crippen molar-refractivity contribution in [2.45, 2.75) is 30.3 Å². The zero-order chi connectivity index (χ0) is 13.4. The van der Waals surface area contributed by atoms with Crippen molar-refractivity contribution in [1.29, 1.82) is 0 Å². The molecule has 7 heteroatoms. The first-order valence-electron chi connectivity index (χ1n) is 5.75. The Kier molecular flexibility index (Phi) is 3.31. The monoisotopic (exact) mass is 271 g/mol. The Morgan fingerprint density at radius 2 is 2.00 bits per heavy atom. The summed E-state index contributed by atoms with van der Waals surface area (Å²) in [5.74, 6) is 0.288. The van der Waals surface area contributed by atoms with E-state index in [1.54, 1.807) is 6.92 Å². The van der Waals surface area contributed by atoms with Gasteiger partial charge in [-0.25, -0.2) is 13.4 Å². The van der Waals surface area contributed by atoms with Crippen molar-refractivity contribution in [1.82, 2.24) is 9.29 Å². The zero-order valence-corrected chi connectivity index (χ0v) is 11.0. The summed E-state index contributed by atoms with van der Waals surface area (Å²) in [5, 5.41) is 9.81. The number of nitrogen functional groups attached to an aromatic ring is 1. The van der Waals surface area contributed by atoms with Gasteiger partial charge in [-0.15, -0.1) is 0 Å². The van der Waals surface area contributed by atoms with Crippen molar-refractivity contribution in [3.8, 4) is 0 Å². The quantitative estimate of drug-likeness (QED) is 0.801. The van der Waals surface area contributed by atoms with Gasteiger partial charge in [0.05, 0.1) is 5.60 Å². The molecule has 0 unspecified atom stereocenters. The highest BCUT2D eigenvalue weighted by Gasteiger charge is 2.34. The average Bonchev–Trinajstić information content (AvgIpc) is 2.29. The number of hydrogen-bond acceptors (Lipinski definition) is 5. The lowest BCUT2D eigenvalue weighted by Gasteiger charge is -2.34. The molecule has 0 saturated carbocycles. The van der Waals surface area contributed by atoms with Crippen LogP contribution in [0.1, 0.15) is 19.8 Å². The highest BCUT2D eigenvalue weighted by molar-refractivity contribution is 7.89. The molecule has 2 heterocycles. The second-order valence-electron chi connectivity index (χ2n) is 4.82. The Morgan fingerprint density at radius 3 is 2.50 bits per heavy atom. The lowest BCUT2D eigenvalue weighted by molar-refractivity contribution is 0.0126. The molecule has 0 bridgehead atoms. The Labute approximate surface area is 106 Å². The van der Waals surface area contributed by atoms with Crippen molar-refractivity contribution in [2.24, 2.45) is 0 Å². The van der Waals surface area contributed by atoms with Crippen molar-refractivity contribution < 1.29 is 13.5 Å². The molecule has 0 aliphatic carbocycles. The van der Waals surface area contributed by atoms with Crippen LogP contribution in [0.15, 0.2) is 23.2 Å². The van der Waals surface area contributed by atoms with E-state index in [1.165, 1.54) is 22.6 Å². The molecule has 0 spiro atoms. The number of aliphatic hydroxyl groups is 1. The van der Waals surface area contributed by atoms with Crippen LogP contribution < -0.4 is 5.73 Å². The molecule has 0 aromatic carbocycles. The second-order valence-corrected chi connectivity index (χ2v) is 6.76. The molecule has 2 rings (SSSR count). The van der Waals surface area contributed by atoms with Gasteiger partial charge in [0.15, 0.2) is 0 Å². The molecule has 0 radical (unpaired) electrons. The molecular formula is C11H17N3O3S. The maximum Gasteiger partial charge on any atom is 0.244 e. The van der Waals surface area contributed by atoms with Gasteiger partial charge in [0.25, 0.3) is 0 Å². The number of sulfonamides is 1. The number of nitrogens with two attached hydrogens (primary N) is 1. The molecule has 6 nitrogen and oxygen atoms in total. The molecule has 18 heavy (non-hydrogen) atoms. The lowest BCUT2D eigenvalue weighted by atomic mass is 9.95. The Hall–Kier alpha value is -1.18. The maximum atomic E-state index is 12.3. The first kappa shape index (κ1) is 13.3. The molecule has 0 atom stereocenters. The lowest BCUT2D eigenvalue weighted by Crippen LogP contribution is -2.45. The summed E-state index contributed by atoms with van der Waals surface area (Å²) in [6.07, 6.45) is 2.14. The van der Waals surface area contributed by atoms with Gasteiger partial charge >= 0.3 is 0 Å². The van der Waals surface area contributed by atoms with E-state index in [2.05, 4.69) is 4.98 Å². The summed E-state index contributed by atoms with van der Waals surface area (Å²) in [4.78, 5) is 3.93. The summed E-state index contributed by atoms with van der Waals surface area (Å²) >= 11 is 0. The van der Waals surface area contributed by atoms with E-state index < -0.39 is 15.6 Å². The minimum Gasteiger partial charge on any atom is -0.390 e. The van der Waals surface area contributed by atoms with Crippen LogP contribution in [0.2, 0.25) is 0 Å². The Morgan fingerprint density at radius 1 is 1.39 bits per heavy atom. The average molecular weight is 271 g/mol. The van der Waals surface area contributed by atoms with Gasteiger partial charge in [-0.1, -0.05) is 0 Å². The van der Waals surface area contributed by atoms with E-state index in [-0.39, 0.29) is 10.7 Å². The number of rotatable bonds is 2. The largest absolute Gasteiger partial charge is 0.390 e. The van der Waals surface area contributed by atoms with Crippen molar-refractivity contribution in [3.63, 3.8) is 0 Å². The van der Waals surface area contributed by atoms with E-state index in [0.717, 1.165) is 0 Å². The van der Waals surface area contributed by atoms with E-state index >= 15 is 0 Å². The van der Waals surface area contributed by atoms with E-state index in [9.17, 15) is 13.5 Å². The van der Waals surface area contributed by atoms with E-state index in [1.807, 2.05) is 0 Å². The fraction of sp³-hybridized carbons (Fsp3) is 0.545. The molecule has 1 aromatic heterocycles. The highest BCUT2D eigenvalue weighted by atomic mass is 32.2. The molecule has 100 valence electrons. The van der Waals surface area contributed by atoms with Crippen molar-refractivity contribution >= 4 is 15.8 Å². The Bertz CT molecular complexity index is 515. The molecule has 1 aliphatic rings. The predicted molar refractivity (Wildman–Crippen MR) is 67.3 cm³/mol. The first-order chi connectivity index (χ1) is 8.31. The standard InChI is InChI=1S/C11H17N3O3S/c1-11(15)4-6-14(7-5-11)18(16,17)9-2-3-10(12)13-8-9/h2-3,8,15H,4-7H2,1H3,(H2,12,13). The Balaban J connectivity index is 2.20. The highest BCUT2D eigenvalue weighted by Crippen LogP contribution is 2.25. The summed E-state index contributed by atoms with van der Waals surface area (Å²) in [7, 11) is -3.52. The molecule has 3 N–H and O–H groups in total. The number of nitrogens with zero attached hydrogens (tertiary/aromatic N) is 2. The number of pyridine rings is 1. The number of piperidine rings is 1. The summed E-state index contributed by atoms with van der Waals surface area (Å²) in [6.45, 7) is 2.36. The normalized spacial score (nSPS) is 20.8. The molecule has 1 aliphatic heterocycles. The molecule has 1 aromatic rings. The second kappa shape index (κ2) is 4.49. The van der Waals surface area contributed by atoms with Crippen LogP contribution in [0.4, 0.5) is 5.82 Å². The van der Waals surface area contributed by atoms with Crippen LogP contribution in [0, 0.1) is 0 Å². The van der Waals surface area contributed by atoms with Gasteiger partial charge in [0, 0.05) is 19.3 Å². The van der Waals surface area contributed by atoms with E-state index in [0.29, 0.717) is 25.9 Å². The van der Waals surface area contributed by atoms with Gasteiger partial charge in [-0.05, 0) is 31.9 Å². The summed E-state index contributed by atoms with van der Waals surface area (Å²) in [6, 6.07) is 2.91. The van der Waals surface area contributed by atoms with Crippen LogP contribution in [0.25, 0.3) is 0 Å². The van der Waals surface area contributed by atoms with Crippen LogP contribution in [0.5, 0.6) is 0 Å². The topological polar surface area (TPSA) is 96.5 Å². The smallest absolute Gasteiger partial charge is 0.244 e. The SMILES string of the molecule is CC1(O)CCN(S(=O)(=O)c2ccc(N)nc2)CC1. The third kappa shape index (κ3) is 2.63. The number of aromatic nitrogens is 1. The van der Waals surface area contributed by atoms with Gasteiger partial charge in [0.2, 0.25) is 10.0 Å².